The highest BCUT2D eigenvalue weighted by atomic mass is 16.6. The second kappa shape index (κ2) is 6.47. The van der Waals surface area contributed by atoms with Gasteiger partial charge in [-0.25, -0.2) is 4.98 Å². The molecule has 0 aliphatic heterocycles. The second-order valence-corrected chi connectivity index (χ2v) is 4.25. The van der Waals surface area contributed by atoms with Gasteiger partial charge in [-0.2, -0.15) is 0 Å². The normalized spacial score (nSPS) is 10.7. The number of hydrogen-bond donors (Lipinski definition) is 0. The smallest absolute Gasteiger partial charge is 0.235 e. The molecule has 2 aromatic rings. The Bertz CT molecular complexity index is 621. The molecule has 0 N–H and O–H groups in total. The third kappa shape index (κ3) is 4.20. The van der Waals surface area contributed by atoms with Gasteiger partial charge in [-0.05, 0) is 24.1 Å². The molecule has 20 heavy (non-hydrogen) atoms. The van der Waals surface area contributed by atoms with Crippen molar-refractivity contribution < 1.29 is 9.66 Å². The minimum absolute atomic E-state index is 0.412. The number of rotatable bonds is 5. The van der Waals surface area contributed by atoms with Gasteiger partial charge >= 0.3 is 0 Å². The summed E-state index contributed by atoms with van der Waals surface area (Å²) in [5.41, 5.74) is 2.66. The van der Waals surface area contributed by atoms with Gasteiger partial charge in [-0.15, -0.1) is 0 Å². The van der Waals surface area contributed by atoms with Crippen LogP contribution in [0.4, 0.5) is 0 Å². The van der Waals surface area contributed by atoms with E-state index in [0.29, 0.717) is 12.5 Å². The molecule has 1 heterocycles. The maximum absolute atomic E-state index is 10.2. The zero-order chi connectivity index (χ0) is 14.4. The molecule has 1 aromatic carbocycles. The fourth-order valence-electron chi connectivity index (χ4n) is 1.63. The predicted octanol–water partition coefficient (Wildman–Crippen LogP) is 3.22. The van der Waals surface area contributed by atoms with Gasteiger partial charge in [0.25, 0.3) is 0 Å². The molecular formula is C15H14N2O3. The van der Waals surface area contributed by atoms with E-state index in [0.717, 1.165) is 23.0 Å². The number of pyridine rings is 1. The quantitative estimate of drug-likeness (QED) is 0.618. The third-order valence-corrected chi connectivity index (χ3v) is 2.62. The average molecular weight is 270 g/mol. The molecule has 0 aliphatic carbocycles. The van der Waals surface area contributed by atoms with Crippen molar-refractivity contribution >= 4 is 6.08 Å². The molecule has 0 bridgehead atoms. The predicted molar refractivity (Wildman–Crippen MR) is 75.8 cm³/mol. The van der Waals surface area contributed by atoms with Gasteiger partial charge in [0.15, 0.2) is 0 Å². The van der Waals surface area contributed by atoms with E-state index in [1.54, 1.807) is 6.07 Å². The van der Waals surface area contributed by atoms with Gasteiger partial charge in [-0.1, -0.05) is 30.3 Å². The number of aromatic nitrogens is 1. The first-order chi connectivity index (χ1) is 9.63. The number of ether oxygens (including phenoxy) is 1. The minimum atomic E-state index is -0.486. The minimum Gasteiger partial charge on any atom is -0.473 e. The first kappa shape index (κ1) is 13.7. The molecule has 0 saturated carbocycles. The van der Waals surface area contributed by atoms with Gasteiger partial charge in [0.1, 0.15) is 6.61 Å². The zero-order valence-electron chi connectivity index (χ0n) is 11.0. The largest absolute Gasteiger partial charge is 0.473 e. The summed E-state index contributed by atoms with van der Waals surface area (Å²) < 4.78 is 5.57. The molecule has 2 rings (SSSR count). The van der Waals surface area contributed by atoms with Crippen LogP contribution in [0.15, 0.2) is 48.7 Å². The van der Waals surface area contributed by atoms with Crippen LogP contribution in [0.3, 0.4) is 0 Å². The van der Waals surface area contributed by atoms with Crippen LogP contribution in [0.25, 0.3) is 6.08 Å². The van der Waals surface area contributed by atoms with Gasteiger partial charge in [0.2, 0.25) is 12.1 Å². The highest BCUT2D eigenvalue weighted by molar-refractivity contribution is 5.48. The molecule has 0 fully saturated rings. The fourth-order valence-corrected chi connectivity index (χ4v) is 1.63. The van der Waals surface area contributed by atoms with E-state index < -0.39 is 4.92 Å². The Balaban J connectivity index is 1.95. The maximum atomic E-state index is 10.2. The summed E-state index contributed by atoms with van der Waals surface area (Å²) in [5, 5.41) is 10.2. The van der Waals surface area contributed by atoms with Crippen LogP contribution in [-0.2, 0) is 6.61 Å². The first-order valence-corrected chi connectivity index (χ1v) is 6.10. The molecule has 1 aromatic heterocycles. The zero-order valence-corrected chi connectivity index (χ0v) is 11.0. The molecule has 0 amide bonds. The summed E-state index contributed by atoms with van der Waals surface area (Å²) >= 11 is 0. The van der Waals surface area contributed by atoms with Crippen molar-refractivity contribution in [3.05, 3.63) is 75.6 Å². The summed E-state index contributed by atoms with van der Waals surface area (Å²) in [6.07, 6.45) is 2.37. The van der Waals surface area contributed by atoms with Crippen LogP contribution in [0.1, 0.15) is 16.8 Å². The second-order valence-electron chi connectivity index (χ2n) is 4.25. The molecule has 0 aliphatic rings. The Hall–Kier alpha value is -2.69. The highest BCUT2D eigenvalue weighted by Gasteiger charge is 1.98. The van der Waals surface area contributed by atoms with Crippen molar-refractivity contribution in [2.45, 2.75) is 13.5 Å². The summed E-state index contributed by atoms with van der Waals surface area (Å²) in [6, 6.07) is 13.0. The van der Waals surface area contributed by atoms with E-state index in [4.69, 9.17) is 4.74 Å². The van der Waals surface area contributed by atoms with Crippen molar-refractivity contribution in [1.82, 2.24) is 4.98 Å². The van der Waals surface area contributed by atoms with Crippen molar-refractivity contribution in [2.24, 2.45) is 0 Å². The summed E-state index contributed by atoms with van der Waals surface area (Å²) in [7, 11) is 0. The van der Waals surface area contributed by atoms with Crippen molar-refractivity contribution in [1.29, 1.82) is 0 Å². The number of nitro groups is 1. The lowest BCUT2D eigenvalue weighted by Gasteiger charge is -2.06. The van der Waals surface area contributed by atoms with Gasteiger partial charge in [-0.3, -0.25) is 10.1 Å². The van der Waals surface area contributed by atoms with Crippen LogP contribution < -0.4 is 4.74 Å². The van der Waals surface area contributed by atoms with Gasteiger partial charge < -0.3 is 4.74 Å². The Labute approximate surface area is 116 Å². The van der Waals surface area contributed by atoms with Gasteiger partial charge in [0, 0.05) is 17.8 Å². The topological polar surface area (TPSA) is 65.3 Å². The molecule has 0 spiro atoms. The number of aryl methyl sites for hydroxylation is 1. The standard InChI is InChI=1S/C15H14N2O3/c1-12-3-2-4-15(16-12)20-11-14-7-5-13(6-8-14)9-10-17(18)19/h2-10H,11H2,1H3/b10-9+. The van der Waals surface area contributed by atoms with Crippen molar-refractivity contribution in [3.8, 4) is 5.88 Å². The molecule has 102 valence electrons. The average Bonchev–Trinajstić information content (AvgIpc) is 2.44. The molecule has 5 nitrogen and oxygen atoms in total. The molecule has 0 saturated heterocycles. The molecule has 5 heteroatoms. The number of nitrogens with zero attached hydrogens (tertiary/aromatic N) is 2. The van der Waals surface area contributed by atoms with Crippen LogP contribution in [-0.4, -0.2) is 9.91 Å². The Kier molecular flexibility index (Phi) is 4.44. The van der Waals surface area contributed by atoms with E-state index in [1.165, 1.54) is 6.08 Å². The fraction of sp³-hybridized carbons (Fsp3) is 0.133. The lowest BCUT2D eigenvalue weighted by molar-refractivity contribution is -0.400. The van der Waals surface area contributed by atoms with E-state index in [9.17, 15) is 10.1 Å². The van der Waals surface area contributed by atoms with Crippen molar-refractivity contribution in [3.63, 3.8) is 0 Å². The third-order valence-electron chi connectivity index (χ3n) is 2.62. The summed E-state index contributed by atoms with van der Waals surface area (Å²) in [5.74, 6) is 0.585. The number of hydrogen-bond acceptors (Lipinski definition) is 4. The molecular weight excluding hydrogens is 256 g/mol. The van der Waals surface area contributed by atoms with E-state index in [1.807, 2.05) is 43.3 Å². The highest BCUT2D eigenvalue weighted by Crippen LogP contribution is 2.11. The number of benzene rings is 1. The summed E-state index contributed by atoms with van der Waals surface area (Å²) in [4.78, 5) is 14.0. The Morgan fingerprint density at radius 2 is 2.00 bits per heavy atom. The van der Waals surface area contributed by atoms with Gasteiger partial charge in [0.05, 0.1) is 4.92 Å². The van der Waals surface area contributed by atoms with Crippen LogP contribution in [0.2, 0.25) is 0 Å². The van der Waals surface area contributed by atoms with Crippen LogP contribution in [0.5, 0.6) is 5.88 Å². The lowest BCUT2D eigenvalue weighted by atomic mass is 10.1. The SMILES string of the molecule is Cc1cccc(OCc2ccc(/C=C/[N+](=O)[O-])cc2)n1. The first-order valence-electron chi connectivity index (χ1n) is 6.10. The van der Waals surface area contributed by atoms with E-state index in [-0.39, 0.29) is 0 Å². The van der Waals surface area contributed by atoms with Crippen LogP contribution >= 0.6 is 0 Å². The molecule has 0 radical (unpaired) electrons. The van der Waals surface area contributed by atoms with E-state index >= 15 is 0 Å². The monoisotopic (exact) mass is 270 g/mol. The van der Waals surface area contributed by atoms with Crippen molar-refractivity contribution in [2.75, 3.05) is 0 Å². The molecule has 0 unspecified atom stereocenters. The Morgan fingerprint density at radius 1 is 1.25 bits per heavy atom. The van der Waals surface area contributed by atoms with Crippen LogP contribution in [0, 0.1) is 17.0 Å². The lowest BCUT2D eigenvalue weighted by Crippen LogP contribution is -1.97. The summed E-state index contributed by atoms with van der Waals surface area (Å²) in [6.45, 7) is 2.32. The Morgan fingerprint density at radius 3 is 2.65 bits per heavy atom. The van der Waals surface area contributed by atoms with E-state index in [2.05, 4.69) is 4.98 Å². The maximum Gasteiger partial charge on any atom is 0.235 e. The molecule has 0 atom stereocenters.